The van der Waals surface area contributed by atoms with Crippen molar-refractivity contribution in [1.29, 1.82) is 0 Å². The Kier molecular flexibility index (Phi) is 3.24. The molecule has 1 heterocycles. The predicted molar refractivity (Wildman–Crippen MR) is 71.4 cm³/mol. The van der Waals surface area contributed by atoms with Crippen molar-refractivity contribution in [3.8, 4) is 0 Å². The summed E-state index contributed by atoms with van der Waals surface area (Å²) >= 11 is 3.46. The van der Waals surface area contributed by atoms with E-state index in [-0.39, 0.29) is 5.97 Å². The van der Waals surface area contributed by atoms with Gasteiger partial charge in [0.15, 0.2) is 0 Å². The monoisotopic (exact) mass is 295 g/mol. The van der Waals surface area contributed by atoms with E-state index in [1.54, 1.807) is 6.92 Å². The summed E-state index contributed by atoms with van der Waals surface area (Å²) in [5.74, 6) is -0.295. The Bertz CT molecular complexity index is 587. The molecule has 0 unspecified atom stereocenters. The van der Waals surface area contributed by atoms with E-state index in [1.807, 2.05) is 26.0 Å². The van der Waals surface area contributed by atoms with Gasteiger partial charge in [-0.1, -0.05) is 15.9 Å². The number of aryl methyl sites for hydroxylation is 2. The molecule has 0 spiro atoms. The van der Waals surface area contributed by atoms with Gasteiger partial charge in [-0.15, -0.1) is 0 Å². The van der Waals surface area contributed by atoms with Gasteiger partial charge in [-0.05, 0) is 44.0 Å². The van der Waals surface area contributed by atoms with Crippen molar-refractivity contribution in [3.63, 3.8) is 0 Å². The first-order chi connectivity index (χ1) is 8.04. The average molecular weight is 296 g/mol. The number of rotatable bonds is 2. The number of hydrogen-bond acceptors (Lipinski definition) is 2. The van der Waals surface area contributed by atoms with Crippen molar-refractivity contribution in [3.05, 3.63) is 33.4 Å². The van der Waals surface area contributed by atoms with E-state index in [0.29, 0.717) is 12.3 Å². The van der Waals surface area contributed by atoms with Crippen LogP contribution in [0.4, 0.5) is 0 Å². The van der Waals surface area contributed by atoms with Gasteiger partial charge in [0, 0.05) is 15.4 Å². The minimum atomic E-state index is -0.295. The molecule has 0 atom stereocenters. The number of hydrogen-bond donors (Lipinski definition) is 1. The third-order valence-corrected chi connectivity index (χ3v) is 3.27. The van der Waals surface area contributed by atoms with Gasteiger partial charge in [0.1, 0.15) is 5.69 Å². The summed E-state index contributed by atoms with van der Waals surface area (Å²) in [6, 6.07) is 4.03. The fraction of sp³-hybridized carbons (Fsp3) is 0.308. The van der Waals surface area contributed by atoms with Crippen molar-refractivity contribution < 1.29 is 9.53 Å². The van der Waals surface area contributed by atoms with Crippen LogP contribution in [-0.2, 0) is 4.74 Å². The number of H-pyrrole nitrogens is 1. The third kappa shape index (κ3) is 2.09. The van der Waals surface area contributed by atoms with Crippen LogP contribution in [0, 0.1) is 13.8 Å². The predicted octanol–water partition coefficient (Wildman–Crippen LogP) is 3.72. The molecule has 2 rings (SSSR count). The Morgan fingerprint density at radius 1 is 1.41 bits per heavy atom. The second kappa shape index (κ2) is 4.53. The quantitative estimate of drug-likeness (QED) is 0.858. The highest BCUT2D eigenvalue weighted by molar-refractivity contribution is 9.10. The first kappa shape index (κ1) is 12.2. The molecule has 1 N–H and O–H groups in total. The van der Waals surface area contributed by atoms with Crippen LogP contribution in [0.1, 0.15) is 28.5 Å². The molecule has 0 radical (unpaired) electrons. The molecule has 0 amide bonds. The Labute approximate surface area is 108 Å². The number of carbonyl (C=O) groups is 1. The molecule has 2 aromatic rings. The molecule has 0 bridgehead atoms. The molecule has 4 heteroatoms. The maximum Gasteiger partial charge on any atom is 0.355 e. The van der Waals surface area contributed by atoms with Crippen molar-refractivity contribution in [2.75, 3.05) is 6.61 Å². The van der Waals surface area contributed by atoms with Gasteiger partial charge in [0.25, 0.3) is 0 Å². The second-order valence-corrected chi connectivity index (χ2v) is 4.91. The Morgan fingerprint density at radius 2 is 2.12 bits per heavy atom. The highest BCUT2D eigenvalue weighted by Crippen LogP contribution is 2.28. The fourth-order valence-electron chi connectivity index (χ4n) is 1.97. The molecule has 90 valence electrons. The van der Waals surface area contributed by atoms with E-state index in [4.69, 9.17) is 4.74 Å². The van der Waals surface area contributed by atoms with Crippen molar-refractivity contribution in [1.82, 2.24) is 4.98 Å². The molecule has 0 fully saturated rings. The maximum atomic E-state index is 11.8. The van der Waals surface area contributed by atoms with Gasteiger partial charge in [0.2, 0.25) is 0 Å². The molecular formula is C13H14BrNO2. The van der Waals surface area contributed by atoms with Crippen molar-refractivity contribution in [2.24, 2.45) is 0 Å². The first-order valence-corrected chi connectivity index (χ1v) is 6.29. The minimum absolute atomic E-state index is 0.295. The SMILES string of the molecule is CCOC(=O)c1[nH]c2c(C)cc(Br)cc2c1C. The number of fused-ring (bicyclic) bond motifs is 1. The number of benzene rings is 1. The van der Waals surface area contributed by atoms with E-state index in [1.165, 1.54) is 0 Å². The van der Waals surface area contributed by atoms with E-state index in [0.717, 1.165) is 26.5 Å². The number of ether oxygens (including phenoxy) is 1. The molecule has 0 saturated heterocycles. The Hall–Kier alpha value is -1.29. The van der Waals surface area contributed by atoms with E-state index >= 15 is 0 Å². The summed E-state index contributed by atoms with van der Waals surface area (Å²) in [4.78, 5) is 14.9. The van der Waals surface area contributed by atoms with Crippen LogP contribution in [-0.4, -0.2) is 17.6 Å². The lowest BCUT2D eigenvalue weighted by Crippen LogP contribution is -2.06. The summed E-state index contributed by atoms with van der Waals surface area (Å²) in [5, 5.41) is 1.06. The van der Waals surface area contributed by atoms with Crippen molar-refractivity contribution >= 4 is 32.8 Å². The highest BCUT2D eigenvalue weighted by Gasteiger charge is 2.16. The number of nitrogens with one attached hydrogen (secondary N) is 1. The van der Waals surface area contributed by atoms with E-state index in [9.17, 15) is 4.79 Å². The normalized spacial score (nSPS) is 10.8. The summed E-state index contributed by atoms with van der Waals surface area (Å²) in [6.45, 7) is 6.13. The Morgan fingerprint density at radius 3 is 2.76 bits per heavy atom. The van der Waals surface area contributed by atoms with Crippen LogP contribution in [0.2, 0.25) is 0 Å². The van der Waals surface area contributed by atoms with Crippen LogP contribution >= 0.6 is 15.9 Å². The smallest absolute Gasteiger partial charge is 0.355 e. The standard InChI is InChI=1S/C13H14BrNO2/c1-4-17-13(16)12-8(3)10-6-9(14)5-7(2)11(10)15-12/h5-6,15H,4H2,1-3H3. The molecule has 1 aromatic carbocycles. The molecule has 0 aliphatic carbocycles. The van der Waals surface area contributed by atoms with Crippen LogP contribution in [0.5, 0.6) is 0 Å². The molecular weight excluding hydrogens is 282 g/mol. The lowest BCUT2D eigenvalue weighted by atomic mass is 10.1. The van der Waals surface area contributed by atoms with Gasteiger partial charge in [-0.3, -0.25) is 0 Å². The number of carbonyl (C=O) groups excluding carboxylic acids is 1. The molecule has 1 aromatic heterocycles. The summed E-state index contributed by atoms with van der Waals surface area (Å²) in [5.41, 5.74) is 3.58. The molecule has 17 heavy (non-hydrogen) atoms. The van der Waals surface area contributed by atoms with Crippen LogP contribution < -0.4 is 0 Å². The Balaban J connectivity index is 2.64. The minimum Gasteiger partial charge on any atom is -0.461 e. The summed E-state index contributed by atoms with van der Waals surface area (Å²) in [6.07, 6.45) is 0. The van der Waals surface area contributed by atoms with Crippen LogP contribution in [0.25, 0.3) is 10.9 Å². The van der Waals surface area contributed by atoms with Gasteiger partial charge in [-0.2, -0.15) is 0 Å². The third-order valence-electron chi connectivity index (χ3n) is 2.81. The van der Waals surface area contributed by atoms with Gasteiger partial charge >= 0.3 is 5.97 Å². The highest BCUT2D eigenvalue weighted by atomic mass is 79.9. The number of halogens is 1. The second-order valence-electron chi connectivity index (χ2n) is 3.99. The zero-order valence-electron chi connectivity index (χ0n) is 10.1. The molecule has 0 saturated carbocycles. The number of esters is 1. The average Bonchev–Trinajstić information content (AvgIpc) is 2.57. The molecule has 0 aliphatic heterocycles. The van der Waals surface area contributed by atoms with Crippen LogP contribution in [0.3, 0.4) is 0 Å². The van der Waals surface area contributed by atoms with Gasteiger partial charge in [0.05, 0.1) is 6.61 Å². The summed E-state index contributed by atoms with van der Waals surface area (Å²) in [7, 11) is 0. The fourth-order valence-corrected chi connectivity index (χ4v) is 2.54. The molecule has 3 nitrogen and oxygen atoms in total. The largest absolute Gasteiger partial charge is 0.461 e. The molecule has 0 aliphatic rings. The lowest BCUT2D eigenvalue weighted by Gasteiger charge is -1.99. The van der Waals surface area contributed by atoms with E-state index in [2.05, 4.69) is 20.9 Å². The zero-order chi connectivity index (χ0) is 12.6. The first-order valence-electron chi connectivity index (χ1n) is 5.50. The van der Waals surface area contributed by atoms with E-state index < -0.39 is 0 Å². The van der Waals surface area contributed by atoms with Gasteiger partial charge in [-0.25, -0.2) is 4.79 Å². The summed E-state index contributed by atoms with van der Waals surface area (Å²) < 4.78 is 6.04. The topological polar surface area (TPSA) is 42.1 Å². The zero-order valence-corrected chi connectivity index (χ0v) is 11.6. The van der Waals surface area contributed by atoms with Crippen molar-refractivity contribution in [2.45, 2.75) is 20.8 Å². The number of aromatic nitrogens is 1. The maximum absolute atomic E-state index is 11.8. The lowest BCUT2D eigenvalue weighted by molar-refractivity contribution is 0.0520. The van der Waals surface area contributed by atoms with Gasteiger partial charge < -0.3 is 9.72 Å². The number of aromatic amines is 1. The van der Waals surface area contributed by atoms with Crippen LogP contribution in [0.15, 0.2) is 16.6 Å².